The number of ether oxygens (including phenoxy) is 1. The molecule has 2 aromatic rings. The van der Waals surface area contributed by atoms with Crippen molar-refractivity contribution >= 4 is 21.6 Å². The zero-order valence-corrected chi connectivity index (χ0v) is 18.4. The van der Waals surface area contributed by atoms with E-state index in [1.807, 2.05) is 19.1 Å². The summed E-state index contributed by atoms with van der Waals surface area (Å²) < 4.78 is 33.8. The Morgan fingerprint density at radius 3 is 2.60 bits per heavy atom. The summed E-state index contributed by atoms with van der Waals surface area (Å²) in [6.07, 6.45) is 5.85. The van der Waals surface area contributed by atoms with Gasteiger partial charge in [0.25, 0.3) is 5.91 Å². The quantitative estimate of drug-likeness (QED) is 0.567. The van der Waals surface area contributed by atoms with Gasteiger partial charge >= 0.3 is 0 Å². The van der Waals surface area contributed by atoms with E-state index in [1.54, 1.807) is 18.2 Å². The van der Waals surface area contributed by atoms with Crippen molar-refractivity contribution in [3.05, 3.63) is 53.6 Å². The van der Waals surface area contributed by atoms with Crippen molar-refractivity contribution in [2.75, 3.05) is 11.9 Å². The molecule has 162 valence electrons. The molecule has 0 aliphatic heterocycles. The predicted molar refractivity (Wildman–Crippen MR) is 119 cm³/mol. The Bertz CT molecular complexity index is 982. The average Bonchev–Trinajstić information content (AvgIpc) is 3.22. The first-order valence-electron chi connectivity index (χ1n) is 10.6. The topological polar surface area (TPSA) is 84.5 Å². The number of carbonyl (C=O) groups is 1. The van der Waals surface area contributed by atoms with Gasteiger partial charge in [0.2, 0.25) is 10.0 Å². The van der Waals surface area contributed by atoms with Crippen molar-refractivity contribution in [1.29, 1.82) is 0 Å². The van der Waals surface area contributed by atoms with Crippen LogP contribution in [0.5, 0.6) is 5.75 Å². The van der Waals surface area contributed by atoms with Crippen molar-refractivity contribution in [2.24, 2.45) is 0 Å². The summed E-state index contributed by atoms with van der Waals surface area (Å²) in [7, 11) is -3.64. The highest BCUT2D eigenvalue weighted by Crippen LogP contribution is 2.23. The predicted octanol–water partition coefficient (Wildman–Crippen LogP) is 4.65. The van der Waals surface area contributed by atoms with E-state index in [2.05, 4.69) is 17.0 Å². The molecule has 0 unspecified atom stereocenters. The van der Waals surface area contributed by atoms with Crippen molar-refractivity contribution in [2.45, 2.75) is 63.3 Å². The van der Waals surface area contributed by atoms with E-state index in [1.165, 1.54) is 12.1 Å². The van der Waals surface area contributed by atoms with Crippen molar-refractivity contribution in [3.63, 3.8) is 0 Å². The molecule has 7 heteroatoms. The van der Waals surface area contributed by atoms with Gasteiger partial charge in [0.15, 0.2) is 0 Å². The van der Waals surface area contributed by atoms with Gasteiger partial charge in [0.05, 0.1) is 11.5 Å². The Balaban J connectivity index is 1.69. The van der Waals surface area contributed by atoms with E-state index in [0.717, 1.165) is 49.8 Å². The summed E-state index contributed by atoms with van der Waals surface area (Å²) in [6, 6.07) is 11.6. The highest BCUT2D eigenvalue weighted by Gasteiger charge is 2.23. The molecule has 1 saturated carbocycles. The Morgan fingerprint density at radius 1 is 1.13 bits per heavy atom. The normalized spacial score (nSPS) is 14.6. The van der Waals surface area contributed by atoms with Crippen LogP contribution >= 0.6 is 0 Å². The maximum atomic E-state index is 12.7. The van der Waals surface area contributed by atoms with Crippen molar-refractivity contribution < 1.29 is 17.9 Å². The van der Waals surface area contributed by atoms with Gasteiger partial charge < -0.3 is 10.1 Å². The zero-order valence-electron chi connectivity index (χ0n) is 17.6. The fourth-order valence-electron chi connectivity index (χ4n) is 3.53. The molecule has 1 aliphatic carbocycles. The van der Waals surface area contributed by atoms with Gasteiger partial charge in [-0.3, -0.25) is 4.79 Å². The van der Waals surface area contributed by atoms with Gasteiger partial charge in [0.1, 0.15) is 5.75 Å². The first-order chi connectivity index (χ1) is 14.4. The van der Waals surface area contributed by atoms with Crippen LogP contribution in [0.3, 0.4) is 0 Å². The maximum absolute atomic E-state index is 12.7. The van der Waals surface area contributed by atoms with Crippen molar-refractivity contribution in [1.82, 2.24) is 4.72 Å². The van der Waals surface area contributed by atoms with E-state index < -0.39 is 10.0 Å². The number of benzene rings is 2. The molecule has 0 aromatic heterocycles. The number of sulfonamides is 1. The van der Waals surface area contributed by atoms with E-state index in [4.69, 9.17) is 4.74 Å². The molecule has 0 atom stereocenters. The van der Waals surface area contributed by atoms with Gasteiger partial charge in [-0.25, -0.2) is 13.1 Å². The van der Waals surface area contributed by atoms with Crippen LogP contribution < -0.4 is 14.8 Å². The van der Waals surface area contributed by atoms with E-state index in [9.17, 15) is 13.2 Å². The fourth-order valence-corrected chi connectivity index (χ4v) is 4.88. The first kappa shape index (κ1) is 22.3. The maximum Gasteiger partial charge on any atom is 0.255 e. The van der Waals surface area contributed by atoms with Crippen LogP contribution in [0.2, 0.25) is 0 Å². The number of hydrogen-bond donors (Lipinski definition) is 2. The van der Waals surface area contributed by atoms with E-state index in [-0.39, 0.29) is 16.8 Å². The van der Waals surface area contributed by atoms with Gasteiger partial charge in [-0.15, -0.1) is 0 Å². The molecule has 0 radical (unpaired) electrons. The molecule has 0 spiro atoms. The summed E-state index contributed by atoms with van der Waals surface area (Å²) in [5.74, 6) is 0.417. The Kier molecular flexibility index (Phi) is 7.50. The lowest BCUT2D eigenvalue weighted by atomic mass is 10.1. The van der Waals surface area contributed by atoms with Gasteiger partial charge in [-0.2, -0.15) is 0 Å². The minimum atomic E-state index is -3.64. The molecular weight excluding hydrogens is 400 g/mol. The molecular formula is C23H30N2O4S. The van der Waals surface area contributed by atoms with E-state index in [0.29, 0.717) is 17.9 Å². The molecule has 6 nitrogen and oxygen atoms in total. The molecule has 1 amide bonds. The number of aryl methyl sites for hydroxylation is 1. The Hall–Kier alpha value is -2.38. The molecule has 3 rings (SSSR count). The number of anilines is 1. The van der Waals surface area contributed by atoms with Crippen LogP contribution in [-0.2, 0) is 10.0 Å². The average molecular weight is 431 g/mol. The largest absolute Gasteiger partial charge is 0.494 e. The van der Waals surface area contributed by atoms with Gasteiger partial charge in [0, 0.05) is 17.3 Å². The molecule has 30 heavy (non-hydrogen) atoms. The highest BCUT2D eigenvalue weighted by molar-refractivity contribution is 7.89. The Morgan fingerprint density at radius 2 is 1.90 bits per heavy atom. The number of hydrogen-bond acceptors (Lipinski definition) is 4. The lowest BCUT2D eigenvalue weighted by Gasteiger charge is -2.14. The SMILES string of the molecule is CCCCOc1ccc(NC(=O)c2cccc(S(=O)(=O)NC3CCCC3)c2)c(C)c1. The lowest BCUT2D eigenvalue weighted by Crippen LogP contribution is -2.32. The third-order valence-corrected chi connectivity index (χ3v) is 6.81. The zero-order chi connectivity index (χ0) is 21.6. The summed E-state index contributed by atoms with van der Waals surface area (Å²) in [5, 5.41) is 2.86. The Labute approximate surface area is 179 Å². The number of amides is 1. The monoisotopic (exact) mass is 430 g/mol. The highest BCUT2D eigenvalue weighted by atomic mass is 32.2. The second-order valence-corrected chi connectivity index (χ2v) is 9.48. The number of rotatable bonds is 9. The molecule has 2 N–H and O–H groups in total. The molecule has 1 fully saturated rings. The molecule has 0 bridgehead atoms. The van der Waals surface area contributed by atoms with Gasteiger partial charge in [-0.1, -0.05) is 32.3 Å². The third kappa shape index (κ3) is 5.83. The van der Waals surface area contributed by atoms with Crippen LogP contribution in [-0.4, -0.2) is 27.0 Å². The second kappa shape index (κ2) is 10.1. The van der Waals surface area contributed by atoms with Crippen LogP contribution in [0.4, 0.5) is 5.69 Å². The van der Waals surface area contributed by atoms with Crippen LogP contribution in [0.25, 0.3) is 0 Å². The molecule has 0 saturated heterocycles. The second-order valence-electron chi connectivity index (χ2n) is 7.76. The number of unbranched alkanes of at least 4 members (excludes halogenated alkanes) is 1. The lowest BCUT2D eigenvalue weighted by molar-refractivity contribution is 0.102. The van der Waals surface area contributed by atoms with Crippen molar-refractivity contribution in [3.8, 4) is 5.75 Å². The standard InChI is InChI=1S/C23H30N2O4S/c1-3-4-14-29-20-12-13-22(17(2)15-20)24-23(26)18-8-7-11-21(16-18)30(27,28)25-19-9-5-6-10-19/h7-8,11-13,15-16,19,25H,3-6,9-10,14H2,1-2H3,(H,24,26). The first-order valence-corrected chi connectivity index (χ1v) is 12.0. The summed E-state index contributed by atoms with van der Waals surface area (Å²) >= 11 is 0. The van der Waals surface area contributed by atoms with Crippen LogP contribution in [0, 0.1) is 6.92 Å². The summed E-state index contributed by atoms with van der Waals surface area (Å²) in [5.41, 5.74) is 1.84. The number of nitrogens with one attached hydrogen (secondary N) is 2. The van der Waals surface area contributed by atoms with E-state index >= 15 is 0 Å². The third-order valence-electron chi connectivity index (χ3n) is 5.30. The van der Waals surface area contributed by atoms with Crippen LogP contribution in [0.1, 0.15) is 61.4 Å². The molecule has 1 aliphatic rings. The number of carbonyl (C=O) groups excluding carboxylic acids is 1. The smallest absolute Gasteiger partial charge is 0.255 e. The summed E-state index contributed by atoms with van der Waals surface area (Å²) in [4.78, 5) is 12.8. The molecule has 0 heterocycles. The minimum Gasteiger partial charge on any atom is -0.494 e. The van der Waals surface area contributed by atoms with Gasteiger partial charge in [-0.05, 0) is 68.1 Å². The molecule has 2 aromatic carbocycles. The fraction of sp³-hybridized carbons (Fsp3) is 0.435. The minimum absolute atomic E-state index is 0.0202. The summed E-state index contributed by atoms with van der Waals surface area (Å²) in [6.45, 7) is 4.67. The van der Waals surface area contributed by atoms with Crippen LogP contribution in [0.15, 0.2) is 47.4 Å².